The minimum atomic E-state index is -0.515. The minimum absolute atomic E-state index is 0.00614. The molecule has 0 bridgehead atoms. The summed E-state index contributed by atoms with van der Waals surface area (Å²) in [5.41, 5.74) is 1.55. The number of fused-ring (bicyclic) bond motifs is 2. The summed E-state index contributed by atoms with van der Waals surface area (Å²) in [6, 6.07) is 7.25. The lowest BCUT2D eigenvalue weighted by atomic mass is 10.0. The Labute approximate surface area is 242 Å². The fourth-order valence-corrected chi connectivity index (χ4v) is 6.15. The first-order valence-electron chi connectivity index (χ1n) is 13.9. The molecule has 0 saturated heterocycles. The maximum absolute atomic E-state index is 13.7. The molecule has 1 aromatic carbocycles. The van der Waals surface area contributed by atoms with Gasteiger partial charge < -0.3 is 15.0 Å². The Hall–Kier alpha value is -4.32. The van der Waals surface area contributed by atoms with Crippen molar-refractivity contribution in [3.63, 3.8) is 0 Å². The number of aryl methyl sites for hydroxylation is 1. The smallest absolute Gasteiger partial charge is 0.264 e. The molecule has 2 aliphatic rings. The van der Waals surface area contributed by atoms with Gasteiger partial charge in [-0.1, -0.05) is 19.9 Å². The largest absolute Gasteiger partial charge is 0.491 e. The third kappa shape index (κ3) is 5.64. The number of nitrogens with one attached hydrogen (secondary N) is 2. The van der Waals surface area contributed by atoms with E-state index < -0.39 is 5.66 Å². The van der Waals surface area contributed by atoms with Crippen LogP contribution in [0.3, 0.4) is 0 Å². The number of nitrogens with zero attached hydrogens (tertiary/aromatic N) is 6. The number of aromatic nitrogens is 6. The number of ether oxygens (including phenoxy) is 1. The molecule has 1 amide bonds. The first-order valence-corrected chi connectivity index (χ1v) is 14.7. The number of thiophene rings is 1. The maximum atomic E-state index is 13.7. The van der Waals surface area contributed by atoms with Crippen molar-refractivity contribution in [3.8, 4) is 17.1 Å². The number of ketones is 1. The van der Waals surface area contributed by atoms with Gasteiger partial charge in [0.15, 0.2) is 5.78 Å². The summed E-state index contributed by atoms with van der Waals surface area (Å²) < 4.78 is 7.99. The molecule has 12 heteroatoms. The van der Waals surface area contributed by atoms with E-state index in [1.807, 2.05) is 54.8 Å². The van der Waals surface area contributed by atoms with Crippen LogP contribution < -0.4 is 10.1 Å². The van der Waals surface area contributed by atoms with E-state index in [1.165, 1.54) is 11.3 Å². The fourth-order valence-electron chi connectivity index (χ4n) is 4.92. The molecule has 4 aromatic rings. The number of hydrogen-bond acceptors (Lipinski definition) is 9. The summed E-state index contributed by atoms with van der Waals surface area (Å²) in [6.45, 7) is 9.24. The van der Waals surface area contributed by atoms with Gasteiger partial charge in [0.1, 0.15) is 22.8 Å². The zero-order valence-electron chi connectivity index (χ0n) is 23.7. The second-order valence-electron chi connectivity index (χ2n) is 9.80. The molecule has 3 aromatic heterocycles. The third-order valence-corrected chi connectivity index (χ3v) is 8.17. The van der Waals surface area contributed by atoms with E-state index in [2.05, 4.69) is 38.9 Å². The predicted octanol–water partition coefficient (Wildman–Crippen LogP) is 4.85. The summed E-state index contributed by atoms with van der Waals surface area (Å²) >= 11 is 1.45. The van der Waals surface area contributed by atoms with E-state index in [1.54, 1.807) is 18.2 Å². The molecule has 1 atom stereocenters. The lowest BCUT2D eigenvalue weighted by Gasteiger charge is -2.29. The second kappa shape index (κ2) is 12.0. The van der Waals surface area contributed by atoms with Crippen LogP contribution in [0.5, 0.6) is 5.75 Å². The normalized spacial score (nSPS) is 19.0. The standard InChI is InChI=1S/C27H28N8O3S.C2H6/c1-17-19-16-23(39-26(19)35(31-17)27(2)10-4-5-11-28-27)25(37)34-12-6-3-7-21(36)20-15-18(24-29-32-33-30-24)8-9-22(20)38-14-13-34;1-2/h4-5,8-11,15-16,28H,3,6-7,12-14H2,1-2H3,(H,29,30,32,33);1-2H3. The van der Waals surface area contributed by atoms with Crippen LogP contribution in [0.2, 0.25) is 0 Å². The van der Waals surface area contributed by atoms with Crippen molar-refractivity contribution >= 4 is 33.2 Å². The summed E-state index contributed by atoms with van der Waals surface area (Å²) in [7, 11) is 0. The van der Waals surface area contributed by atoms with Crippen LogP contribution in [-0.2, 0) is 5.66 Å². The zero-order chi connectivity index (χ0) is 29.0. The van der Waals surface area contributed by atoms with Crippen molar-refractivity contribution in [2.24, 2.45) is 0 Å². The van der Waals surface area contributed by atoms with Gasteiger partial charge in [-0.15, -0.1) is 21.5 Å². The van der Waals surface area contributed by atoms with Gasteiger partial charge in [0.05, 0.1) is 22.7 Å². The molecule has 5 heterocycles. The molecule has 0 radical (unpaired) electrons. The second-order valence-corrected chi connectivity index (χ2v) is 10.8. The van der Waals surface area contributed by atoms with Crippen molar-refractivity contribution in [1.29, 1.82) is 0 Å². The molecule has 41 heavy (non-hydrogen) atoms. The van der Waals surface area contributed by atoms with Crippen molar-refractivity contribution in [2.45, 2.75) is 52.6 Å². The van der Waals surface area contributed by atoms with Crippen LogP contribution in [0.25, 0.3) is 21.6 Å². The van der Waals surface area contributed by atoms with Crippen LogP contribution in [0.4, 0.5) is 0 Å². The van der Waals surface area contributed by atoms with Crippen molar-refractivity contribution in [1.82, 2.24) is 40.6 Å². The number of hydrogen-bond donors (Lipinski definition) is 2. The first-order chi connectivity index (χ1) is 19.9. The number of amides is 1. The van der Waals surface area contributed by atoms with Gasteiger partial charge in [0.2, 0.25) is 5.82 Å². The highest BCUT2D eigenvalue weighted by Crippen LogP contribution is 2.33. The monoisotopic (exact) mass is 574 g/mol. The van der Waals surface area contributed by atoms with Crippen LogP contribution in [-0.4, -0.2) is 66.7 Å². The molecule has 0 saturated carbocycles. The molecular weight excluding hydrogens is 540 g/mol. The van der Waals surface area contributed by atoms with Crippen LogP contribution in [0.15, 0.2) is 48.7 Å². The lowest BCUT2D eigenvalue weighted by molar-refractivity contribution is 0.0732. The Morgan fingerprint density at radius 1 is 1.15 bits per heavy atom. The van der Waals surface area contributed by atoms with E-state index in [9.17, 15) is 9.59 Å². The van der Waals surface area contributed by atoms with Gasteiger partial charge in [-0.05, 0) is 74.5 Å². The molecule has 11 nitrogen and oxygen atoms in total. The van der Waals surface area contributed by atoms with Gasteiger partial charge in [-0.25, -0.2) is 4.68 Å². The van der Waals surface area contributed by atoms with Gasteiger partial charge in [0.25, 0.3) is 5.91 Å². The molecule has 1 unspecified atom stereocenters. The molecule has 0 spiro atoms. The van der Waals surface area contributed by atoms with Gasteiger partial charge in [0, 0.05) is 23.9 Å². The first kappa shape index (κ1) is 28.2. The summed E-state index contributed by atoms with van der Waals surface area (Å²) in [5, 5.41) is 23.1. The summed E-state index contributed by atoms with van der Waals surface area (Å²) in [4.78, 5) is 30.2. The predicted molar refractivity (Wildman–Crippen MR) is 158 cm³/mol. The highest BCUT2D eigenvalue weighted by molar-refractivity contribution is 7.20. The Kier molecular flexibility index (Phi) is 8.29. The molecule has 0 aliphatic carbocycles. The number of allylic oxidation sites excluding steroid dienone is 2. The van der Waals surface area contributed by atoms with Crippen LogP contribution in [0, 0.1) is 6.92 Å². The number of benzene rings is 1. The van der Waals surface area contributed by atoms with E-state index in [0.717, 1.165) is 15.9 Å². The quantitative estimate of drug-likeness (QED) is 0.355. The van der Waals surface area contributed by atoms with E-state index in [-0.39, 0.29) is 18.3 Å². The molecule has 2 N–H and O–H groups in total. The number of rotatable bonds is 3. The molecule has 2 aliphatic heterocycles. The SMILES string of the molecule is CC.Cc1nn(C2(C)C=CC=CN2)c2sc(C(=O)N3CCCCC(=O)c4cc(-c5nn[nH]n5)ccc4OCC3)cc12. The highest BCUT2D eigenvalue weighted by atomic mass is 32.1. The van der Waals surface area contributed by atoms with Crippen LogP contribution >= 0.6 is 11.3 Å². The van der Waals surface area contributed by atoms with Gasteiger partial charge in [-0.2, -0.15) is 10.3 Å². The average Bonchev–Trinajstić information content (AvgIpc) is 3.74. The highest BCUT2D eigenvalue weighted by Gasteiger charge is 2.29. The topological polar surface area (TPSA) is 131 Å². The lowest BCUT2D eigenvalue weighted by Crippen LogP contribution is -2.42. The van der Waals surface area contributed by atoms with Gasteiger partial charge >= 0.3 is 0 Å². The Morgan fingerprint density at radius 2 is 2.00 bits per heavy atom. The molecule has 0 fully saturated rings. The van der Waals surface area contributed by atoms with E-state index in [0.29, 0.717) is 59.9 Å². The maximum Gasteiger partial charge on any atom is 0.264 e. The Morgan fingerprint density at radius 3 is 2.76 bits per heavy atom. The Bertz CT molecular complexity index is 1600. The zero-order valence-corrected chi connectivity index (χ0v) is 24.5. The van der Waals surface area contributed by atoms with Crippen molar-refractivity contribution in [2.75, 3.05) is 19.7 Å². The summed E-state index contributed by atoms with van der Waals surface area (Å²) in [5.74, 6) is 0.864. The number of carbonyl (C=O) groups is 2. The summed E-state index contributed by atoms with van der Waals surface area (Å²) in [6.07, 6.45) is 9.62. The average molecular weight is 575 g/mol. The van der Waals surface area contributed by atoms with Gasteiger partial charge in [-0.3, -0.25) is 9.59 Å². The van der Waals surface area contributed by atoms with E-state index >= 15 is 0 Å². The van der Waals surface area contributed by atoms with E-state index in [4.69, 9.17) is 9.84 Å². The number of H-pyrrole nitrogens is 1. The number of dihydropyridines is 1. The number of tetrazole rings is 1. The molecule has 6 rings (SSSR count). The van der Waals surface area contributed by atoms with Crippen LogP contribution in [0.1, 0.15) is 65.8 Å². The fraction of sp³-hybridized carbons (Fsp3) is 0.379. The number of Topliss-reactive ketones (excluding diaryl/α,β-unsaturated/α-hetero) is 1. The van der Waals surface area contributed by atoms with Crippen molar-refractivity contribution < 1.29 is 14.3 Å². The Balaban J connectivity index is 0.00000165. The number of aromatic amines is 1. The minimum Gasteiger partial charge on any atom is -0.491 e. The molecular formula is C29H34N8O3S. The third-order valence-electron chi connectivity index (χ3n) is 7.07. The van der Waals surface area contributed by atoms with Crippen molar-refractivity contribution in [3.05, 3.63) is 64.8 Å². The molecule has 214 valence electrons. The number of carbonyl (C=O) groups excluding carboxylic acids is 2.